The first kappa shape index (κ1) is 19.5. The molecule has 2 aromatic carbocycles. The first-order valence-corrected chi connectivity index (χ1v) is 8.78. The van der Waals surface area contributed by atoms with Crippen molar-refractivity contribution >= 4 is 33.3 Å². The molecule has 28 heavy (non-hydrogen) atoms. The van der Waals surface area contributed by atoms with Gasteiger partial charge in [-0.25, -0.2) is 4.39 Å². The van der Waals surface area contributed by atoms with Gasteiger partial charge in [-0.2, -0.15) is 5.10 Å². The Kier molecular flexibility index (Phi) is 5.69. The third-order valence-corrected chi connectivity index (χ3v) is 4.42. The average molecular weight is 449 g/mol. The lowest BCUT2D eigenvalue weighted by molar-refractivity contribution is -0.385. The van der Waals surface area contributed by atoms with Crippen molar-refractivity contribution in [1.82, 2.24) is 9.78 Å². The van der Waals surface area contributed by atoms with Crippen molar-refractivity contribution in [2.24, 2.45) is 0 Å². The van der Waals surface area contributed by atoms with Crippen molar-refractivity contribution in [2.75, 3.05) is 12.4 Å². The summed E-state index contributed by atoms with van der Waals surface area (Å²) in [7, 11) is 1.31. The molecule has 0 radical (unpaired) electrons. The highest BCUT2D eigenvalue weighted by Gasteiger charge is 2.19. The second-order valence-electron chi connectivity index (χ2n) is 5.75. The maximum atomic E-state index is 13.0. The van der Waals surface area contributed by atoms with Crippen LogP contribution in [0, 0.1) is 15.9 Å². The van der Waals surface area contributed by atoms with Gasteiger partial charge < -0.3 is 10.1 Å². The molecule has 10 heteroatoms. The van der Waals surface area contributed by atoms with Crippen molar-refractivity contribution in [3.05, 3.63) is 80.2 Å². The molecule has 0 bridgehead atoms. The van der Waals surface area contributed by atoms with Crippen LogP contribution in [0.25, 0.3) is 0 Å². The summed E-state index contributed by atoms with van der Waals surface area (Å²) in [5.41, 5.74) is 0.614. The highest BCUT2D eigenvalue weighted by Crippen LogP contribution is 2.28. The number of anilines is 1. The molecule has 144 valence electrons. The summed E-state index contributed by atoms with van der Waals surface area (Å²) >= 11 is 3.32. The van der Waals surface area contributed by atoms with Gasteiger partial charge in [-0.3, -0.25) is 19.6 Å². The minimum absolute atomic E-state index is 0.0614. The number of nitrogens with one attached hydrogen (secondary N) is 1. The number of amides is 1. The molecule has 1 heterocycles. The minimum atomic E-state index is -0.622. The molecule has 0 spiro atoms. The number of carbonyl (C=O) groups is 1. The quantitative estimate of drug-likeness (QED) is 0.453. The molecule has 1 aromatic heterocycles. The first-order chi connectivity index (χ1) is 13.4. The summed E-state index contributed by atoms with van der Waals surface area (Å²) in [6.07, 6.45) is 1.66. The second-order valence-corrected chi connectivity index (χ2v) is 6.60. The Morgan fingerprint density at radius 3 is 2.68 bits per heavy atom. The fourth-order valence-corrected chi connectivity index (χ4v) is 2.91. The van der Waals surface area contributed by atoms with Crippen LogP contribution in [0.1, 0.15) is 15.9 Å². The number of hydrogen-bond donors (Lipinski definition) is 1. The number of ether oxygens (including phenoxy) is 1. The Labute approximate surface area is 167 Å². The first-order valence-electron chi connectivity index (χ1n) is 7.98. The number of carbonyl (C=O) groups excluding carboxylic acids is 1. The van der Waals surface area contributed by atoms with E-state index in [0.717, 1.165) is 11.6 Å². The standard InChI is InChI=1S/C18H14BrFN4O4/c1-28-16-7-4-12(8-15(16)24(26)27)18(25)21-17-14(19)10-23(22-17)9-11-2-5-13(20)6-3-11/h2-8,10H,9H2,1H3,(H,21,22,25). The van der Waals surface area contributed by atoms with Crippen LogP contribution in [0.15, 0.2) is 53.1 Å². The maximum Gasteiger partial charge on any atom is 0.311 e. The molecule has 0 fully saturated rings. The van der Waals surface area contributed by atoms with Crippen LogP contribution in [0.2, 0.25) is 0 Å². The smallest absolute Gasteiger partial charge is 0.311 e. The molecular weight excluding hydrogens is 435 g/mol. The van der Waals surface area contributed by atoms with Crippen LogP contribution in [0.3, 0.4) is 0 Å². The SMILES string of the molecule is COc1ccc(C(=O)Nc2nn(Cc3ccc(F)cc3)cc2Br)cc1[N+](=O)[O-]. The minimum Gasteiger partial charge on any atom is -0.490 e. The number of benzene rings is 2. The van der Waals surface area contributed by atoms with Gasteiger partial charge in [0.2, 0.25) is 0 Å². The van der Waals surface area contributed by atoms with Gasteiger partial charge in [-0.1, -0.05) is 12.1 Å². The summed E-state index contributed by atoms with van der Waals surface area (Å²) in [5.74, 6) is -0.567. The van der Waals surface area contributed by atoms with E-state index in [4.69, 9.17) is 4.74 Å². The van der Waals surface area contributed by atoms with Gasteiger partial charge in [0.15, 0.2) is 11.6 Å². The summed E-state index contributed by atoms with van der Waals surface area (Å²) in [6.45, 7) is 0.378. The molecule has 1 amide bonds. The summed E-state index contributed by atoms with van der Waals surface area (Å²) in [4.78, 5) is 23.0. The van der Waals surface area contributed by atoms with Crippen LogP contribution in [0.5, 0.6) is 5.75 Å². The molecule has 0 saturated carbocycles. The molecule has 3 aromatic rings. The number of methoxy groups -OCH3 is 1. The van der Waals surface area contributed by atoms with E-state index in [-0.39, 0.29) is 28.6 Å². The van der Waals surface area contributed by atoms with Gasteiger partial charge in [-0.15, -0.1) is 0 Å². The van der Waals surface area contributed by atoms with E-state index < -0.39 is 10.8 Å². The Hall–Kier alpha value is -3.27. The van der Waals surface area contributed by atoms with Crippen molar-refractivity contribution in [2.45, 2.75) is 6.54 Å². The van der Waals surface area contributed by atoms with Crippen molar-refractivity contribution in [1.29, 1.82) is 0 Å². The second kappa shape index (κ2) is 8.17. The summed E-state index contributed by atoms with van der Waals surface area (Å²) in [6, 6.07) is 9.90. The number of nitro benzene ring substituents is 1. The van der Waals surface area contributed by atoms with Crippen LogP contribution >= 0.6 is 15.9 Å². The predicted molar refractivity (Wildman–Crippen MR) is 103 cm³/mol. The van der Waals surface area contributed by atoms with Crippen molar-refractivity contribution in [3.8, 4) is 5.75 Å². The molecule has 0 unspecified atom stereocenters. The third kappa shape index (κ3) is 4.34. The van der Waals surface area contributed by atoms with Crippen LogP contribution in [-0.4, -0.2) is 27.7 Å². The van der Waals surface area contributed by atoms with Crippen molar-refractivity contribution in [3.63, 3.8) is 0 Å². The molecule has 0 aliphatic carbocycles. The highest BCUT2D eigenvalue weighted by atomic mass is 79.9. The molecule has 1 N–H and O–H groups in total. The average Bonchev–Trinajstić information content (AvgIpc) is 3.01. The lowest BCUT2D eigenvalue weighted by Gasteiger charge is -2.06. The molecule has 0 aliphatic rings. The Morgan fingerprint density at radius 2 is 2.04 bits per heavy atom. The monoisotopic (exact) mass is 448 g/mol. The Bertz CT molecular complexity index is 1040. The normalized spacial score (nSPS) is 10.5. The van der Waals surface area contributed by atoms with Gasteiger partial charge >= 0.3 is 5.69 Å². The van der Waals surface area contributed by atoms with Crippen LogP contribution < -0.4 is 10.1 Å². The fourth-order valence-electron chi connectivity index (χ4n) is 2.49. The third-order valence-electron chi connectivity index (χ3n) is 3.84. The molecular formula is C18H14BrFN4O4. The van der Waals surface area contributed by atoms with Gasteiger partial charge in [0.25, 0.3) is 5.91 Å². The van der Waals surface area contributed by atoms with E-state index in [2.05, 4.69) is 26.3 Å². The fraction of sp³-hybridized carbons (Fsp3) is 0.111. The highest BCUT2D eigenvalue weighted by molar-refractivity contribution is 9.10. The van der Waals surface area contributed by atoms with E-state index in [1.54, 1.807) is 23.0 Å². The molecule has 3 rings (SSSR count). The van der Waals surface area contributed by atoms with Gasteiger partial charge in [0.05, 0.1) is 23.1 Å². The number of nitrogens with zero attached hydrogens (tertiary/aromatic N) is 3. The Balaban J connectivity index is 1.77. The van der Waals surface area contributed by atoms with E-state index in [1.165, 1.54) is 31.4 Å². The zero-order valence-electron chi connectivity index (χ0n) is 14.6. The van der Waals surface area contributed by atoms with Gasteiger partial charge in [0.1, 0.15) is 5.82 Å². The van der Waals surface area contributed by atoms with Crippen LogP contribution in [-0.2, 0) is 6.54 Å². The number of halogens is 2. The lowest BCUT2D eigenvalue weighted by Crippen LogP contribution is -2.13. The zero-order chi connectivity index (χ0) is 20.3. The maximum absolute atomic E-state index is 13.0. The number of aromatic nitrogens is 2. The van der Waals surface area contributed by atoms with Gasteiger partial charge in [-0.05, 0) is 45.8 Å². The molecule has 8 nitrogen and oxygen atoms in total. The number of rotatable bonds is 6. The molecule has 0 atom stereocenters. The summed E-state index contributed by atoms with van der Waals surface area (Å²) < 4.78 is 20.0. The topological polar surface area (TPSA) is 99.3 Å². The number of nitro groups is 1. The zero-order valence-corrected chi connectivity index (χ0v) is 16.1. The summed E-state index contributed by atoms with van der Waals surface area (Å²) in [5, 5.41) is 18.0. The number of hydrogen-bond acceptors (Lipinski definition) is 5. The van der Waals surface area contributed by atoms with E-state index in [9.17, 15) is 19.3 Å². The van der Waals surface area contributed by atoms with Crippen molar-refractivity contribution < 1.29 is 18.8 Å². The lowest BCUT2D eigenvalue weighted by atomic mass is 10.1. The predicted octanol–water partition coefficient (Wildman–Crippen LogP) is 4.00. The van der Waals surface area contributed by atoms with Gasteiger partial charge in [0, 0.05) is 17.8 Å². The Morgan fingerprint density at radius 1 is 1.32 bits per heavy atom. The van der Waals surface area contributed by atoms with Crippen LogP contribution in [0.4, 0.5) is 15.9 Å². The molecule has 0 aliphatic heterocycles. The van der Waals surface area contributed by atoms with E-state index >= 15 is 0 Å². The molecule has 0 saturated heterocycles. The largest absolute Gasteiger partial charge is 0.490 e. The van der Waals surface area contributed by atoms with E-state index in [0.29, 0.717) is 11.0 Å². The van der Waals surface area contributed by atoms with E-state index in [1.807, 2.05) is 0 Å².